The molecule has 0 radical (unpaired) electrons. The van der Waals surface area contributed by atoms with Crippen LogP contribution in [-0.2, 0) is 9.53 Å². The highest BCUT2D eigenvalue weighted by Crippen LogP contribution is 2.22. The van der Waals surface area contributed by atoms with Crippen LogP contribution in [0.3, 0.4) is 0 Å². The molecule has 0 amide bonds. The number of carbonyl (C=O) groups excluding carboxylic acids is 1. The summed E-state index contributed by atoms with van der Waals surface area (Å²) in [5, 5.41) is 13.2. The zero-order chi connectivity index (χ0) is 19.9. The Bertz CT molecular complexity index is 987. The maximum Gasteiger partial charge on any atom is 0.330 e. The fourth-order valence-electron chi connectivity index (χ4n) is 2.65. The standard InChI is InChI=1S/C21H21N3O4/c1-27-15-10-7-14(8-11-15)9-12-19-22-17-6-4-3-5-16(17)20(24-19)23-18(13-25)21(26)28-2/h3-12,18,25H,13H2,1-2H3,(H,22,23,24)/b12-9+/t18-/m0/s1. The van der Waals surface area contributed by atoms with Gasteiger partial charge in [-0.1, -0.05) is 30.3 Å². The topological polar surface area (TPSA) is 93.6 Å². The van der Waals surface area contributed by atoms with E-state index in [9.17, 15) is 9.90 Å². The molecule has 0 spiro atoms. The number of nitrogens with zero attached hydrogens (tertiary/aromatic N) is 2. The van der Waals surface area contributed by atoms with Gasteiger partial charge in [-0.2, -0.15) is 0 Å². The van der Waals surface area contributed by atoms with Gasteiger partial charge >= 0.3 is 5.97 Å². The molecule has 2 aromatic carbocycles. The van der Waals surface area contributed by atoms with Crippen LogP contribution in [0.15, 0.2) is 48.5 Å². The third-order valence-corrected chi connectivity index (χ3v) is 4.14. The van der Waals surface area contributed by atoms with E-state index >= 15 is 0 Å². The number of hydrogen-bond donors (Lipinski definition) is 2. The number of carbonyl (C=O) groups is 1. The number of aliphatic hydroxyl groups excluding tert-OH is 1. The minimum atomic E-state index is -0.915. The summed E-state index contributed by atoms with van der Waals surface area (Å²) in [4.78, 5) is 20.9. The summed E-state index contributed by atoms with van der Waals surface area (Å²) in [6, 6.07) is 14.1. The van der Waals surface area contributed by atoms with Crippen molar-refractivity contribution >= 4 is 34.8 Å². The molecule has 0 saturated carbocycles. The van der Waals surface area contributed by atoms with Gasteiger partial charge in [-0.25, -0.2) is 14.8 Å². The first kappa shape index (κ1) is 19.3. The number of aromatic nitrogens is 2. The van der Waals surface area contributed by atoms with Crippen LogP contribution in [0.25, 0.3) is 23.1 Å². The Morgan fingerprint density at radius 1 is 1.11 bits per heavy atom. The van der Waals surface area contributed by atoms with Crippen molar-refractivity contribution in [1.29, 1.82) is 0 Å². The summed E-state index contributed by atoms with van der Waals surface area (Å²) in [5.41, 5.74) is 1.69. The number of methoxy groups -OCH3 is 2. The Morgan fingerprint density at radius 2 is 1.86 bits per heavy atom. The number of aliphatic hydroxyl groups is 1. The molecule has 7 heteroatoms. The number of anilines is 1. The SMILES string of the molecule is COC(=O)[C@H](CO)Nc1nc(/C=C/c2ccc(OC)cc2)nc2ccccc12. The average molecular weight is 379 g/mol. The molecule has 7 nitrogen and oxygen atoms in total. The predicted octanol–water partition coefficient (Wildman–Crippen LogP) is 2.75. The minimum absolute atomic E-state index is 0.415. The van der Waals surface area contributed by atoms with Crippen LogP contribution >= 0.6 is 0 Å². The number of hydrogen-bond acceptors (Lipinski definition) is 7. The van der Waals surface area contributed by atoms with Gasteiger partial charge < -0.3 is 19.9 Å². The molecule has 28 heavy (non-hydrogen) atoms. The lowest BCUT2D eigenvalue weighted by molar-refractivity contribution is -0.142. The van der Waals surface area contributed by atoms with Crippen molar-refractivity contribution < 1.29 is 19.4 Å². The largest absolute Gasteiger partial charge is 0.497 e. The summed E-state index contributed by atoms with van der Waals surface area (Å²) in [6.07, 6.45) is 3.67. The molecule has 0 unspecified atom stereocenters. The molecule has 3 aromatic rings. The van der Waals surface area contributed by atoms with E-state index in [0.29, 0.717) is 11.6 Å². The third kappa shape index (κ3) is 4.44. The van der Waals surface area contributed by atoms with Crippen molar-refractivity contribution in [3.63, 3.8) is 0 Å². The molecule has 1 aromatic heterocycles. The summed E-state index contributed by atoms with van der Waals surface area (Å²) in [5.74, 6) is 1.13. The summed E-state index contributed by atoms with van der Waals surface area (Å²) < 4.78 is 9.87. The number of nitrogens with one attached hydrogen (secondary N) is 1. The van der Waals surface area contributed by atoms with E-state index in [0.717, 1.165) is 22.2 Å². The van der Waals surface area contributed by atoms with Crippen LogP contribution in [0.4, 0.5) is 5.82 Å². The Kier molecular flexibility index (Phi) is 6.18. The second-order valence-corrected chi connectivity index (χ2v) is 5.96. The monoisotopic (exact) mass is 379 g/mol. The van der Waals surface area contributed by atoms with Crippen molar-refractivity contribution in [3.05, 3.63) is 59.9 Å². The van der Waals surface area contributed by atoms with E-state index in [4.69, 9.17) is 9.47 Å². The molecule has 2 N–H and O–H groups in total. The van der Waals surface area contributed by atoms with E-state index in [-0.39, 0.29) is 0 Å². The number of ether oxygens (including phenoxy) is 2. The summed E-state index contributed by atoms with van der Waals surface area (Å²) in [7, 11) is 2.89. The van der Waals surface area contributed by atoms with Crippen LogP contribution in [0.2, 0.25) is 0 Å². The number of para-hydroxylation sites is 1. The predicted molar refractivity (Wildman–Crippen MR) is 108 cm³/mol. The molecule has 0 saturated heterocycles. The Hall–Kier alpha value is -3.45. The molecule has 1 heterocycles. The van der Waals surface area contributed by atoms with Crippen molar-refractivity contribution in [3.8, 4) is 5.75 Å². The lowest BCUT2D eigenvalue weighted by Crippen LogP contribution is -2.34. The highest BCUT2D eigenvalue weighted by atomic mass is 16.5. The lowest BCUT2D eigenvalue weighted by atomic mass is 10.2. The van der Waals surface area contributed by atoms with E-state index < -0.39 is 18.6 Å². The highest BCUT2D eigenvalue weighted by molar-refractivity contribution is 5.92. The van der Waals surface area contributed by atoms with Gasteiger partial charge in [0.2, 0.25) is 0 Å². The molecule has 144 valence electrons. The Morgan fingerprint density at radius 3 is 2.54 bits per heavy atom. The zero-order valence-electron chi connectivity index (χ0n) is 15.6. The highest BCUT2D eigenvalue weighted by Gasteiger charge is 2.19. The first-order chi connectivity index (χ1) is 13.6. The second-order valence-electron chi connectivity index (χ2n) is 5.96. The van der Waals surface area contributed by atoms with Gasteiger partial charge in [0, 0.05) is 5.39 Å². The van der Waals surface area contributed by atoms with Crippen LogP contribution in [0.5, 0.6) is 5.75 Å². The lowest BCUT2D eigenvalue weighted by Gasteiger charge is -2.16. The third-order valence-electron chi connectivity index (χ3n) is 4.14. The maximum absolute atomic E-state index is 11.8. The van der Waals surface area contributed by atoms with Gasteiger partial charge in [-0.15, -0.1) is 0 Å². The molecular weight excluding hydrogens is 358 g/mol. The smallest absolute Gasteiger partial charge is 0.330 e. The molecule has 0 bridgehead atoms. The Balaban J connectivity index is 1.94. The fraction of sp³-hybridized carbons (Fsp3) is 0.190. The Labute approximate surface area is 162 Å². The van der Waals surface area contributed by atoms with E-state index in [1.54, 1.807) is 13.2 Å². The van der Waals surface area contributed by atoms with Crippen molar-refractivity contribution in [1.82, 2.24) is 9.97 Å². The summed E-state index contributed by atoms with van der Waals surface area (Å²) >= 11 is 0. The summed E-state index contributed by atoms with van der Waals surface area (Å²) in [6.45, 7) is -0.415. The quantitative estimate of drug-likeness (QED) is 0.610. The molecule has 0 aliphatic rings. The number of esters is 1. The number of rotatable bonds is 7. The van der Waals surface area contributed by atoms with Gasteiger partial charge in [-0.05, 0) is 35.9 Å². The molecule has 1 atom stereocenters. The number of fused-ring (bicyclic) bond motifs is 1. The molecule has 0 aliphatic heterocycles. The van der Waals surface area contributed by atoms with Gasteiger partial charge in [0.05, 0.1) is 26.3 Å². The molecule has 3 rings (SSSR count). The van der Waals surface area contributed by atoms with Gasteiger partial charge in [0.25, 0.3) is 0 Å². The van der Waals surface area contributed by atoms with Crippen molar-refractivity contribution in [2.45, 2.75) is 6.04 Å². The van der Waals surface area contributed by atoms with E-state index in [1.165, 1.54) is 7.11 Å². The van der Waals surface area contributed by atoms with Crippen LogP contribution in [0.1, 0.15) is 11.4 Å². The van der Waals surface area contributed by atoms with Crippen LogP contribution < -0.4 is 10.1 Å². The van der Waals surface area contributed by atoms with Crippen LogP contribution in [0, 0.1) is 0 Å². The van der Waals surface area contributed by atoms with Crippen molar-refractivity contribution in [2.75, 3.05) is 26.1 Å². The molecule has 0 fully saturated rings. The van der Waals surface area contributed by atoms with Gasteiger partial charge in [0.15, 0.2) is 5.82 Å². The first-order valence-corrected chi connectivity index (χ1v) is 8.68. The molecule has 0 aliphatic carbocycles. The average Bonchev–Trinajstić information content (AvgIpc) is 2.75. The van der Waals surface area contributed by atoms with Crippen LogP contribution in [-0.4, -0.2) is 47.9 Å². The van der Waals surface area contributed by atoms with E-state index in [2.05, 4.69) is 15.3 Å². The number of benzene rings is 2. The van der Waals surface area contributed by atoms with Gasteiger partial charge in [0.1, 0.15) is 17.6 Å². The fourth-order valence-corrected chi connectivity index (χ4v) is 2.65. The maximum atomic E-state index is 11.8. The first-order valence-electron chi connectivity index (χ1n) is 8.68. The minimum Gasteiger partial charge on any atom is -0.497 e. The molecular formula is C21H21N3O4. The zero-order valence-corrected chi connectivity index (χ0v) is 15.6. The normalized spacial score (nSPS) is 12.1. The van der Waals surface area contributed by atoms with Gasteiger partial charge in [-0.3, -0.25) is 0 Å². The second kappa shape index (κ2) is 8.96. The van der Waals surface area contributed by atoms with E-state index in [1.807, 2.05) is 54.6 Å². The van der Waals surface area contributed by atoms with Crippen molar-refractivity contribution in [2.24, 2.45) is 0 Å².